The van der Waals surface area contributed by atoms with Crippen molar-refractivity contribution in [2.45, 2.75) is 45.4 Å². The minimum absolute atomic E-state index is 0.00510. The Morgan fingerprint density at radius 2 is 1.18 bits per heavy atom. The molecule has 3 aromatic heterocycles. The molecule has 0 aliphatic carbocycles. The summed E-state index contributed by atoms with van der Waals surface area (Å²) in [5, 5.41) is 6.95. The maximum atomic E-state index is 13.8. The molecule has 4 aliphatic rings. The molecule has 364 valence electrons. The van der Waals surface area contributed by atoms with E-state index in [1.807, 2.05) is 50.2 Å². The van der Waals surface area contributed by atoms with Crippen LogP contribution in [0.1, 0.15) is 45.2 Å². The summed E-state index contributed by atoms with van der Waals surface area (Å²) in [5.41, 5.74) is 10.2. The Hall–Kier alpha value is -5.37. The highest BCUT2D eigenvalue weighted by Gasteiger charge is 2.38. The number of aromatic nitrogens is 4. The molecule has 0 amide bonds. The number of nitrogens with zero attached hydrogens (tertiary/aromatic N) is 10. The second-order valence-corrected chi connectivity index (χ2v) is 20.6. The number of hydrogen-bond donors (Lipinski definition) is 1. The number of carbonyl (C=O) groups is 1. The van der Waals surface area contributed by atoms with Crippen LogP contribution >= 0.6 is 0 Å². The smallest absolute Gasteiger partial charge is 0.314 e. The van der Waals surface area contributed by atoms with E-state index < -0.39 is 32.7 Å². The van der Waals surface area contributed by atoms with Gasteiger partial charge in [-0.05, 0) is 73.5 Å². The number of aryl methyl sites for hydroxylation is 2. The monoisotopic (exact) mass is 979 g/mol. The van der Waals surface area contributed by atoms with Crippen LogP contribution in [-0.2, 0) is 43.0 Å². The Kier molecular flexibility index (Phi) is 15.5. The second-order valence-electron chi connectivity index (χ2n) is 16.9. The molecule has 0 radical (unpaired) electrons. The maximum Gasteiger partial charge on any atom is 0.314 e. The Labute approximate surface area is 394 Å². The van der Waals surface area contributed by atoms with Crippen LogP contribution in [0.3, 0.4) is 0 Å². The summed E-state index contributed by atoms with van der Waals surface area (Å²) in [4.78, 5) is 25.0. The van der Waals surface area contributed by atoms with Gasteiger partial charge >= 0.3 is 26.8 Å². The van der Waals surface area contributed by atoms with E-state index in [2.05, 4.69) is 30.0 Å². The maximum absolute atomic E-state index is 13.8. The number of pyridine rings is 2. The van der Waals surface area contributed by atoms with Gasteiger partial charge in [0.2, 0.25) is 5.89 Å². The first kappa shape index (κ1) is 49.1. The van der Waals surface area contributed by atoms with E-state index in [1.165, 1.54) is 29.6 Å². The molecule has 0 atom stereocenters. The Bertz CT molecular complexity index is 2710. The molecule has 68 heavy (non-hydrogen) atoms. The van der Waals surface area contributed by atoms with Crippen LogP contribution in [0.25, 0.3) is 11.5 Å². The van der Waals surface area contributed by atoms with E-state index in [4.69, 9.17) is 19.6 Å². The topological polar surface area (TPSA) is 214 Å². The minimum Gasteiger partial charge on any atom is -0.415 e. The largest absolute Gasteiger partial charge is 0.415 e. The van der Waals surface area contributed by atoms with Crippen LogP contribution in [-0.4, -0.2) is 159 Å². The Balaban J connectivity index is 0.000000185. The first-order valence-electron chi connectivity index (χ1n) is 22.3. The van der Waals surface area contributed by atoms with E-state index in [0.29, 0.717) is 112 Å². The normalized spacial score (nSPS) is 18.1. The van der Waals surface area contributed by atoms with Crippen molar-refractivity contribution in [2.24, 2.45) is 5.73 Å². The summed E-state index contributed by atoms with van der Waals surface area (Å²) >= 11 is 0. The van der Waals surface area contributed by atoms with Gasteiger partial charge in [-0.25, -0.2) is 0 Å². The standard InChI is InChI=1S/C23H26F2N6O4S.C22H29N5O4S/c1-16-3-2-4-19(11-16)31(36(32,33)30-9-7-29(8-10-30)20-14-34-15-20)13-18-6-5-17(12-26-18)22-27-28-23(35-22)21(24)25;1-17-3-2-4-20(11-17)27(14-19-6-5-18(13-24-19)22(28)12-23)32(29,30)26-9-7-25(8-10-26)21-15-31-16-21/h2-6,11-12,20-21H,7-10,13-15H2,1H3;2-6,11,13,21H,7-10,12,14-16,23H2,1H3. The van der Waals surface area contributed by atoms with Gasteiger partial charge in [0.15, 0.2) is 5.78 Å². The van der Waals surface area contributed by atoms with Crippen LogP contribution in [0, 0.1) is 13.8 Å². The zero-order chi connectivity index (χ0) is 48.0. The molecule has 2 N–H and O–H groups in total. The fourth-order valence-electron chi connectivity index (χ4n) is 8.10. The molecule has 19 nitrogen and oxygen atoms in total. The summed E-state index contributed by atoms with van der Waals surface area (Å²) < 4.78 is 102. The van der Waals surface area contributed by atoms with E-state index in [-0.39, 0.29) is 31.3 Å². The van der Waals surface area contributed by atoms with Gasteiger partial charge in [0.05, 0.1) is 86.5 Å². The van der Waals surface area contributed by atoms with Gasteiger partial charge in [-0.3, -0.25) is 33.2 Å². The first-order valence-corrected chi connectivity index (χ1v) is 25.1. The highest BCUT2D eigenvalue weighted by molar-refractivity contribution is 7.90. The predicted molar refractivity (Wildman–Crippen MR) is 248 cm³/mol. The Morgan fingerprint density at radius 1 is 0.691 bits per heavy atom. The van der Waals surface area contributed by atoms with Gasteiger partial charge in [0, 0.05) is 70.3 Å². The van der Waals surface area contributed by atoms with Gasteiger partial charge in [-0.2, -0.15) is 34.2 Å². The van der Waals surface area contributed by atoms with E-state index in [0.717, 1.165) is 24.3 Å². The molecule has 23 heteroatoms. The summed E-state index contributed by atoms with van der Waals surface area (Å²) in [6.45, 7) is 10.9. The lowest BCUT2D eigenvalue weighted by molar-refractivity contribution is -0.0721. The highest BCUT2D eigenvalue weighted by Crippen LogP contribution is 2.29. The number of piperazine rings is 2. The quantitative estimate of drug-likeness (QED) is 0.140. The number of hydrogen-bond acceptors (Lipinski definition) is 15. The lowest BCUT2D eigenvalue weighted by Crippen LogP contribution is -2.59. The van der Waals surface area contributed by atoms with Crippen molar-refractivity contribution in [2.75, 3.05) is 93.9 Å². The molecule has 4 fully saturated rings. The molecule has 0 bridgehead atoms. The predicted octanol–water partition coefficient (Wildman–Crippen LogP) is 3.44. The third-order valence-corrected chi connectivity index (χ3v) is 16.1. The number of anilines is 2. The molecular formula is C45H55F2N11O8S2. The third kappa shape index (κ3) is 11.4. The molecule has 7 heterocycles. The van der Waals surface area contributed by atoms with E-state index in [1.54, 1.807) is 36.4 Å². The van der Waals surface area contributed by atoms with E-state index in [9.17, 15) is 30.4 Å². The van der Waals surface area contributed by atoms with Crippen molar-refractivity contribution in [1.29, 1.82) is 0 Å². The zero-order valence-electron chi connectivity index (χ0n) is 37.8. The van der Waals surface area contributed by atoms with Gasteiger partial charge in [0.1, 0.15) is 0 Å². The molecule has 5 aromatic rings. The number of halogens is 2. The van der Waals surface area contributed by atoms with Gasteiger partial charge < -0.3 is 19.6 Å². The molecule has 2 aromatic carbocycles. The van der Waals surface area contributed by atoms with Crippen molar-refractivity contribution in [3.05, 3.63) is 119 Å². The molecule has 0 spiro atoms. The number of ketones is 1. The number of nitrogens with two attached hydrogens (primary N) is 1. The van der Waals surface area contributed by atoms with Crippen molar-refractivity contribution < 1.29 is 44.3 Å². The number of ether oxygens (including phenoxy) is 2. The fourth-order valence-corrected chi connectivity index (χ4v) is 11.3. The minimum atomic E-state index is -3.85. The second kappa shape index (κ2) is 21.5. The number of rotatable bonds is 16. The van der Waals surface area contributed by atoms with Gasteiger partial charge in [0.25, 0.3) is 5.89 Å². The SMILES string of the molecule is Cc1cccc(N(Cc2ccc(-c3nnc(C(F)F)o3)cn2)S(=O)(=O)N2CCN(C3COC3)CC2)c1.Cc1cccc(N(Cc2ccc(C(=O)CN)cn2)S(=O)(=O)N2CCN(C3COC3)CC2)c1. The number of carbonyl (C=O) groups excluding carboxylic acids is 1. The summed E-state index contributed by atoms with van der Waals surface area (Å²) in [5.74, 6) is -1.06. The molecular weight excluding hydrogens is 925 g/mol. The number of benzene rings is 2. The van der Waals surface area contributed by atoms with E-state index >= 15 is 0 Å². The van der Waals surface area contributed by atoms with Crippen molar-refractivity contribution >= 4 is 37.6 Å². The molecule has 9 rings (SSSR count). The summed E-state index contributed by atoms with van der Waals surface area (Å²) in [6, 6.07) is 22.0. The van der Waals surface area contributed by atoms with Gasteiger partial charge in [-0.15, -0.1) is 10.2 Å². The lowest BCUT2D eigenvalue weighted by Gasteiger charge is -2.43. The molecule has 0 unspecified atom stereocenters. The Morgan fingerprint density at radius 3 is 1.54 bits per heavy atom. The lowest BCUT2D eigenvalue weighted by atomic mass is 10.2. The van der Waals surface area contributed by atoms with Gasteiger partial charge in [-0.1, -0.05) is 24.3 Å². The third-order valence-electron chi connectivity index (χ3n) is 12.3. The van der Waals surface area contributed by atoms with Crippen LogP contribution in [0.4, 0.5) is 20.2 Å². The zero-order valence-corrected chi connectivity index (χ0v) is 39.4. The fraction of sp³-hybridized carbons (Fsp3) is 0.444. The van der Waals surface area contributed by atoms with Crippen molar-refractivity contribution in [1.82, 2.24) is 38.6 Å². The highest BCUT2D eigenvalue weighted by atomic mass is 32.2. The average Bonchev–Trinajstić information content (AvgIpc) is 3.81. The number of Topliss-reactive ketones (excluding diaryl/α,β-unsaturated/α-hetero) is 1. The first-order chi connectivity index (χ1) is 32.7. The average molecular weight is 980 g/mol. The van der Waals surface area contributed by atoms with Crippen LogP contribution < -0.4 is 14.3 Å². The van der Waals surface area contributed by atoms with Crippen LogP contribution in [0.15, 0.2) is 89.6 Å². The molecule has 0 saturated carbocycles. The summed E-state index contributed by atoms with van der Waals surface area (Å²) in [6.07, 6.45) is -0.0145. The van der Waals surface area contributed by atoms with Crippen molar-refractivity contribution in [3.8, 4) is 11.5 Å². The molecule has 4 saturated heterocycles. The van der Waals surface area contributed by atoms with Crippen molar-refractivity contribution in [3.63, 3.8) is 0 Å². The number of alkyl halides is 2. The molecule has 4 aliphatic heterocycles. The summed E-state index contributed by atoms with van der Waals surface area (Å²) in [7, 11) is -7.63. The van der Waals surface area contributed by atoms with Crippen LogP contribution in [0.2, 0.25) is 0 Å². The van der Waals surface area contributed by atoms with Crippen LogP contribution in [0.5, 0.6) is 0 Å².